The first-order valence-corrected chi connectivity index (χ1v) is 8.73. The average molecular weight is 340 g/mol. The number of thioether (sulfide) groups is 1. The summed E-state index contributed by atoms with van der Waals surface area (Å²) >= 11 is 1.69. The molecule has 0 atom stereocenters. The minimum atomic E-state index is 0.697. The first kappa shape index (κ1) is 16.5. The Balaban J connectivity index is 1.68. The summed E-state index contributed by atoms with van der Waals surface area (Å²) < 4.78 is 5.23. The lowest BCUT2D eigenvalue weighted by molar-refractivity contribution is 0.392. The van der Waals surface area contributed by atoms with E-state index in [4.69, 9.17) is 9.51 Å². The Morgan fingerprint density at radius 2 is 1.92 bits per heavy atom. The van der Waals surface area contributed by atoms with E-state index in [0.717, 1.165) is 33.6 Å². The molecule has 0 bridgehead atoms. The van der Waals surface area contributed by atoms with Crippen LogP contribution in [0.15, 0.2) is 52.3 Å². The first-order chi connectivity index (χ1) is 11.6. The first-order valence-electron chi connectivity index (χ1n) is 7.75. The fraction of sp³-hybridized carbons (Fsp3) is 0.278. The minimum Gasteiger partial charge on any atom is -0.361 e. The van der Waals surface area contributed by atoms with Crippen LogP contribution in [0.2, 0.25) is 0 Å². The van der Waals surface area contributed by atoms with E-state index in [2.05, 4.69) is 39.3 Å². The zero-order valence-electron chi connectivity index (χ0n) is 14.1. The van der Waals surface area contributed by atoms with Crippen LogP contribution >= 0.6 is 11.8 Å². The van der Waals surface area contributed by atoms with Crippen molar-refractivity contribution in [2.24, 2.45) is 0 Å². The number of hydrogen-bond acceptors (Lipinski definition) is 6. The van der Waals surface area contributed by atoms with Gasteiger partial charge in [0.2, 0.25) is 0 Å². The predicted octanol–water partition coefficient (Wildman–Crippen LogP) is 4.01. The topological polar surface area (TPSA) is 55.1 Å². The third-order valence-corrected chi connectivity index (χ3v) is 4.77. The van der Waals surface area contributed by atoms with Gasteiger partial charge in [-0.05, 0) is 19.4 Å². The molecule has 3 aromatic rings. The molecule has 1 aromatic carbocycles. The van der Waals surface area contributed by atoms with Crippen LogP contribution in [0, 0.1) is 13.8 Å². The van der Waals surface area contributed by atoms with Gasteiger partial charge in [0.25, 0.3) is 0 Å². The molecule has 2 heterocycles. The highest BCUT2D eigenvalue weighted by Gasteiger charge is 2.13. The Bertz CT molecular complexity index is 784. The molecule has 5 nitrogen and oxygen atoms in total. The van der Waals surface area contributed by atoms with Crippen molar-refractivity contribution >= 4 is 17.6 Å². The predicted molar refractivity (Wildman–Crippen MR) is 96.1 cm³/mol. The molecule has 2 aromatic heterocycles. The molecule has 24 heavy (non-hydrogen) atoms. The molecular formula is C18H20N4OS. The standard InChI is InChI=1S/C18H20N4OS/c1-13-16(14(2)23-21-13)11-22(3)17-9-19-10-18(20-17)24-12-15-7-5-4-6-8-15/h4-10H,11-12H2,1-3H3. The Kier molecular flexibility index (Phi) is 5.15. The van der Waals surface area contributed by atoms with Crippen LogP contribution in [0.1, 0.15) is 22.6 Å². The van der Waals surface area contributed by atoms with E-state index in [1.807, 2.05) is 27.0 Å². The van der Waals surface area contributed by atoms with Gasteiger partial charge in [0.15, 0.2) is 0 Å². The quantitative estimate of drug-likeness (QED) is 0.632. The zero-order chi connectivity index (χ0) is 16.9. The maximum Gasteiger partial charge on any atom is 0.148 e. The summed E-state index contributed by atoms with van der Waals surface area (Å²) in [7, 11) is 2.00. The van der Waals surface area contributed by atoms with Gasteiger partial charge < -0.3 is 9.42 Å². The van der Waals surface area contributed by atoms with Gasteiger partial charge in [-0.15, -0.1) is 11.8 Å². The van der Waals surface area contributed by atoms with Crippen molar-refractivity contribution in [1.29, 1.82) is 0 Å². The van der Waals surface area contributed by atoms with E-state index < -0.39 is 0 Å². The van der Waals surface area contributed by atoms with Crippen molar-refractivity contribution in [1.82, 2.24) is 15.1 Å². The van der Waals surface area contributed by atoms with Crippen LogP contribution in [0.4, 0.5) is 5.82 Å². The van der Waals surface area contributed by atoms with Crippen LogP contribution in [-0.2, 0) is 12.3 Å². The van der Waals surface area contributed by atoms with E-state index in [1.165, 1.54) is 5.56 Å². The van der Waals surface area contributed by atoms with Crippen molar-refractivity contribution in [3.05, 3.63) is 65.3 Å². The van der Waals surface area contributed by atoms with Crippen molar-refractivity contribution in [3.63, 3.8) is 0 Å². The number of nitrogens with zero attached hydrogens (tertiary/aromatic N) is 4. The lowest BCUT2D eigenvalue weighted by atomic mass is 10.2. The molecule has 0 aliphatic rings. The third-order valence-electron chi connectivity index (χ3n) is 3.80. The summed E-state index contributed by atoms with van der Waals surface area (Å²) in [4.78, 5) is 11.1. The van der Waals surface area contributed by atoms with E-state index in [0.29, 0.717) is 6.54 Å². The molecule has 0 radical (unpaired) electrons. The molecular weight excluding hydrogens is 320 g/mol. The Labute approximate surface area is 146 Å². The number of hydrogen-bond donors (Lipinski definition) is 0. The normalized spacial score (nSPS) is 10.8. The Morgan fingerprint density at radius 1 is 1.12 bits per heavy atom. The highest BCUT2D eigenvalue weighted by molar-refractivity contribution is 7.98. The molecule has 0 saturated heterocycles. The van der Waals surface area contributed by atoms with Crippen molar-refractivity contribution in [3.8, 4) is 0 Å². The summed E-state index contributed by atoms with van der Waals surface area (Å²) in [6.45, 7) is 4.58. The van der Waals surface area contributed by atoms with Gasteiger partial charge in [0.1, 0.15) is 16.6 Å². The molecule has 0 spiro atoms. The highest BCUT2D eigenvalue weighted by Crippen LogP contribution is 2.23. The summed E-state index contributed by atoms with van der Waals surface area (Å²) in [5.74, 6) is 2.57. The lowest BCUT2D eigenvalue weighted by Crippen LogP contribution is -2.18. The maximum absolute atomic E-state index is 5.23. The van der Waals surface area contributed by atoms with E-state index in [-0.39, 0.29) is 0 Å². The summed E-state index contributed by atoms with van der Waals surface area (Å²) in [6, 6.07) is 10.4. The second kappa shape index (κ2) is 7.49. The Morgan fingerprint density at radius 3 is 2.62 bits per heavy atom. The van der Waals surface area contributed by atoms with Crippen LogP contribution in [-0.4, -0.2) is 22.2 Å². The number of aromatic nitrogens is 3. The van der Waals surface area contributed by atoms with Crippen LogP contribution in [0.3, 0.4) is 0 Å². The number of aryl methyl sites for hydroxylation is 2. The van der Waals surface area contributed by atoms with Crippen molar-refractivity contribution in [2.45, 2.75) is 31.2 Å². The average Bonchev–Trinajstić information content (AvgIpc) is 2.93. The Hall–Kier alpha value is -2.34. The van der Waals surface area contributed by atoms with Gasteiger partial charge >= 0.3 is 0 Å². The molecule has 0 saturated carbocycles. The summed E-state index contributed by atoms with van der Waals surface area (Å²) in [5, 5.41) is 4.92. The largest absolute Gasteiger partial charge is 0.361 e. The van der Waals surface area contributed by atoms with Crippen LogP contribution in [0.5, 0.6) is 0 Å². The van der Waals surface area contributed by atoms with Gasteiger partial charge in [-0.1, -0.05) is 35.5 Å². The molecule has 0 aliphatic carbocycles. The molecule has 0 amide bonds. The van der Waals surface area contributed by atoms with Gasteiger partial charge in [0, 0.05) is 24.9 Å². The second-order valence-electron chi connectivity index (χ2n) is 5.65. The van der Waals surface area contributed by atoms with Gasteiger partial charge in [-0.2, -0.15) is 0 Å². The van der Waals surface area contributed by atoms with E-state index >= 15 is 0 Å². The molecule has 3 rings (SSSR count). The monoisotopic (exact) mass is 340 g/mol. The van der Waals surface area contributed by atoms with Crippen LogP contribution in [0.25, 0.3) is 0 Å². The molecule has 0 aliphatic heterocycles. The number of anilines is 1. The van der Waals surface area contributed by atoms with Crippen molar-refractivity contribution in [2.75, 3.05) is 11.9 Å². The van der Waals surface area contributed by atoms with Crippen molar-refractivity contribution < 1.29 is 4.52 Å². The van der Waals surface area contributed by atoms with Gasteiger partial charge in [-0.3, -0.25) is 4.98 Å². The highest BCUT2D eigenvalue weighted by atomic mass is 32.2. The molecule has 0 fully saturated rings. The van der Waals surface area contributed by atoms with E-state index in [9.17, 15) is 0 Å². The fourth-order valence-corrected chi connectivity index (χ4v) is 3.17. The lowest BCUT2D eigenvalue weighted by Gasteiger charge is -2.18. The smallest absolute Gasteiger partial charge is 0.148 e. The fourth-order valence-electron chi connectivity index (χ4n) is 2.37. The molecule has 6 heteroatoms. The zero-order valence-corrected chi connectivity index (χ0v) is 14.9. The number of benzene rings is 1. The van der Waals surface area contributed by atoms with Gasteiger partial charge in [-0.25, -0.2) is 4.98 Å². The summed E-state index contributed by atoms with van der Waals surface area (Å²) in [5.41, 5.74) is 3.29. The molecule has 0 N–H and O–H groups in total. The molecule has 0 unspecified atom stereocenters. The summed E-state index contributed by atoms with van der Waals surface area (Å²) in [6.07, 6.45) is 3.59. The number of rotatable bonds is 6. The SMILES string of the molecule is Cc1noc(C)c1CN(C)c1cncc(SCc2ccccc2)n1. The van der Waals surface area contributed by atoms with Gasteiger partial charge in [0.05, 0.1) is 18.1 Å². The van der Waals surface area contributed by atoms with E-state index in [1.54, 1.807) is 24.2 Å². The molecule has 124 valence electrons. The second-order valence-corrected chi connectivity index (χ2v) is 6.64. The van der Waals surface area contributed by atoms with Crippen LogP contribution < -0.4 is 4.90 Å². The maximum atomic E-state index is 5.23. The third kappa shape index (κ3) is 3.94. The minimum absolute atomic E-state index is 0.697.